The summed E-state index contributed by atoms with van der Waals surface area (Å²) in [5, 5.41) is 14.8. The quantitative estimate of drug-likeness (QED) is 0.325. The van der Waals surface area contributed by atoms with Gasteiger partial charge >= 0.3 is 0 Å². The molecular weight excluding hydrogens is 390 g/mol. The lowest BCUT2D eigenvalue weighted by Crippen LogP contribution is -2.40. The summed E-state index contributed by atoms with van der Waals surface area (Å²) in [6.45, 7) is 8.59. The number of nitrogens with zero attached hydrogens (tertiary/aromatic N) is 5. The first-order valence-electron chi connectivity index (χ1n) is 11.5. The first-order chi connectivity index (χ1) is 15.3. The average Bonchev–Trinajstić information content (AvgIpc) is 3.27. The van der Waals surface area contributed by atoms with Gasteiger partial charge in [0.1, 0.15) is 12.2 Å². The van der Waals surface area contributed by atoms with E-state index in [1.807, 2.05) is 0 Å². The molecule has 170 valence electrons. The molecule has 0 radical (unpaired) electrons. The number of hydrogen-bond acceptors (Lipinski definition) is 5. The Hall–Kier alpha value is -2.45. The number of likely N-dealkylation sites (tertiary alicyclic amines) is 1. The van der Waals surface area contributed by atoms with Gasteiger partial charge in [-0.2, -0.15) is 0 Å². The van der Waals surface area contributed by atoms with Crippen LogP contribution in [0.25, 0.3) is 0 Å². The first-order valence-corrected chi connectivity index (χ1v) is 11.5. The monoisotopic (exact) mass is 427 g/mol. The van der Waals surface area contributed by atoms with E-state index in [1.165, 1.54) is 5.56 Å². The van der Waals surface area contributed by atoms with Gasteiger partial charge in [-0.15, -0.1) is 10.2 Å². The van der Waals surface area contributed by atoms with Crippen molar-refractivity contribution in [1.82, 2.24) is 30.3 Å². The van der Waals surface area contributed by atoms with Crippen molar-refractivity contribution in [3.63, 3.8) is 0 Å². The van der Waals surface area contributed by atoms with Gasteiger partial charge in [0, 0.05) is 59.3 Å². The minimum absolute atomic E-state index is 0.390. The van der Waals surface area contributed by atoms with Crippen molar-refractivity contribution in [2.75, 3.05) is 39.8 Å². The molecule has 1 aromatic carbocycles. The SMILES string of the molecule is CCc1nncn1CCNC(=NC)NCCCOC1CCN(Cc2ccccc2)CC1. The van der Waals surface area contributed by atoms with Gasteiger partial charge in [0.25, 0.3) is 0 Å². The predicted octanol–water partition coefficient (Wildman–Crippen LogP) is 2.08. The van der Waals surface area contributed by atoms with E-state index in [-0.39, 0.29) is 0 Å². The number of benzene rings is 1. The number of ether oxygens (including phenoxy) is 1. The lowest BCUT2D eigenvalue weighted by Gasteiger charge is -2.32. The molecule has 1 aliphatic heterocycles. The van der Waals surface area contributed by atoms with Crippen LogP contribution in [0.3, 0.4) is 0 Å². The van der Waals surface area contributed by atoms with E-state index in [1.54, 1.807) is 13.4 Å². The maximum atomic E-state index is 6.11. The fraction of sp³-hybridized carbons (Fsp3) is 0.609. The Kier molecular flexibility index (Phi) is 9.79. The third-order valence-corrected chi connectivity index (χ3v) is 5.63. The lowest BCUT2D eigenvalue weighted by atomic mass is 10.1. The Bertz CT molecular complexity index is 769. The average molecular weight is 428 g/mol. The predicted molar refractivity (Wildman–Crippen MR) is 124 cm³/mol. The molecule has 31 heavy (non-hydrogen) atoms. The molecule has 0 amide bonds. The van der Waals surface area contributed by atoms with Gasteiger partial charge in [-0.3, -0.25) is 9.89 Å². The number of aromatic nitrogens is 3. The van der Waals surface area contributed by atoms with Gasteiger partial charge in [-0.05, 0) is 24.8 Å². The van der Waals surface area contributed by atoms with Gasteiger partial charge in [-0.1, -0.05) is 37.3 Å². The second-order valence-corrected chi connectivity index (χ2v) is 7.91. The van der Waals surface area contributed by atoms with Crippen molar-refractivity contribution in [3.05, 3.63) is 48.0 Å². The van der Waals surface area contributed by atoms with Crippen LogP contribution in [0.5, 0.6) is 0 Å². The summed E-state index contributed by atoms with van der Waals surface area (Å²) < 4.78 is 8.18. The van der Waals surface area contributed by atoms with Crippen molar-refractivity contribution in [1.29, 1.82) is 0 Å². The van der Waals surface area contributed by atoms with Gasteiger partial charge in [0.05, 0.1) is 6.10 Å². The number of aliphatic imine (C=N–C) groups is 1. The van der Waals surface area contributed by atoms with Crippen molar-refractivity contribution in [3.8, 4) is 0 Å². The molecule has 2 aromatic rings. The molecule has 1 saturated heterocycles. The number of guanidine groups is 1. The fourth-order valence-corrected chi connectivity index (χ4v) is 3.86. The van der Waals surface area contributed by atoms with Crippen molar-refractivity contribution >= 4 is 5.96 Å². The Labute approximate surface area is 186 Å². The third kappa shape index (κ3) is 7.95. The van der Waals surface area contributed by atoms with Crippen LogP contribution >= 0.6 is 0 Å². The zero-order valence-electron chi connectivity index (χ0n) is 19.0. The Morgan fingerprint density at radius 1 is 1.16 bits per heavy atom. The Balaban J connectivity index is 1.22. The molecule has 1 fully saturated rings. The number of nitrogens with one attached hydrogen (secondary N) is 2. The maximum absolute atomic E-state index is 6.11. The molecule has 8 heteroatoms. The highest BCUT2D eigenvalue weighted by molar-refractivity contribution is 5.79. The molecule has 1 aliphatic rings. The molecule has 1 aromatic heterocycles. The molecule has 0 unspecified atom stereocenters. The zero-order chi connectivity index (χ0) is 21.7. The summed E-state index contributed by atoms with van der Waals surface area (Å²) in [5.41, 5.74) is 1.39. The van der Waals surface area contributed by atoms with Crippen molar-refractivity contribution in [2.45, 2.75) is 51.8 Å². The number of piperidine rings is 1. The van der Waals surface area contributed by atoms with E-state index in [0.717, 1.165) is 83.3 Å². The normalized spacial score (nSPS) is 15.9. The molecule has 0 aliphatic carbocycles. The molecule has 0 bridgehead atoms. The highest BCUT2D eigenvalue weighted by Gasteiger charge is 2.19. The number of rotatable bonds is 11. The van der Waals surface area contributed by atoms with Crippen LogP contribution in [0.4, 0.5) is 0 Å². The number of aryl methyl sites for hydroxylation is 1. The largest absolute Gasteiger partial charge is 0.378 e. The standard InChI is InChI=1S/C23H37N7O/c1-3-22-28-27-19-30(22)16-13-26-23(24-2)25-12-7-17-31-21-10-14-29(15-11-21)18-20-8-5-4-6-9-20/h4-6,8-9,19,21H,3,7,10-18H2,1-2H3,(H2,24,25,26). The van der Waals surface area contributed by atoms with Crippen LogP contribution in [0.1, 0.15) is 37.6 Å². The van der Waals surface area contributed by atoms with E-state index >= 15 is 0 Å². The van der Waals surface area contributed by atoms with E-state index in [2.05, 4.69) is 72.5 Å². The van der Waals surface area contributed by atoms with Crippen molar-refractivity contribution in [2.24, 2.45) is 4.99 Å². The Morgan fingerprint density at radius 2 is 1.94 bits per heavy atom. The zero-order valence-corrected chi connectivity index (χ0v) is 19.0. The van der Waals surface area contributed by atoms with Crippen LogP contribution in [-0.4, -0.2) is 71.6 Å². The highest BCUT2D eigenvalue weighted by Crippen LogP contribution is 2.16. The maximum Gasteiger partial charge on any atom is 0.191 e. The lowest BCUT2D eigenvalue weighted by molar-refractivity contribution is 0.00534. The van der Waals surface area contributed by atoms with Crippen LogP contribution in [0, 0.1) is 0 Å². The summed E-state index contributed by atoms with van der Waals surface area (Å²) in [7, 11) is 1.80. The molecule has 0 spiro atoms. The first kappa shape index (κ1) is 23.2. The summed E-state index contributed by atoms with van der Waals surface area (Å²) in [4.78, 5) is 6.81. The minimum Gasteiger partial charge on any atom is -0.378 e. The second-order valence-electron chi connectivity index (χ2n) is 7.91. The molecule has 0 atom stereocenters. The van der Waals surface area contributed by atoms with E-state index < -0.39 is 0 Å². The smallest absolute Gasteiger partial charge is 0.191 e. The van der Waals surface area contributed by atoms with Crippen LogP contribution in [0.15, 0.2) is 41.7 Å². The minimum atomic E-state index is 0.390. The van der Waals surface area contributed by atoms with Crippen LogP contribution in [-0.2, 0) is 24.2 Å². The van der Waals surface area contributed by atoms with Gasteiger partial charge in [-0.25, -0.2) is 0 Å². The number of hydrogen-bond donors (Lipinski definition) is 2. The second kappa shape index (κ2) is 13.1. The van der Waals surface area contributed by atoms with Gasteiger partial charge < -0.3 is 19.9 Å². The summed E-state index contributed by atoms with van der Waals surface area (Å²) in [6.07, 6.45) is 6.26. The third-order valence-electron chi connectivity index (χ3n) is 5.63. The van der Waals surface area contributed by atoms with E-state index in [9.17, 15) is 0 Å². The van der Waals surface area contributed by atoms with Gasteiger partial charge in [0.15, 0.2) is 5.96 Å². The topological polar surface area (TPSA) is 79.6 Å². The summed E-state index contributed by atoms with van der Waals surface area (Å²) >= 11 is 0. The summed E-state index contributed by atoms with van der Waals surface area (Å²) in [5.74, 6) is 1.83. The summed E-state index contributed by atoms with van der Waals surface area (Å²) in [6, 6.07) is 10.7. The van der Waals surface area contributed by atoms with E-state index in [0.29, 0.717) is 6.10 Å². The fourth-order valence-electron chi connectivity index (χ4n) is 3.86. The molecule has 2 heterocycles. The molecule has 3 rings (SSSR count). The van der Waals surface area contributed by atoms with Crippen LogP contribution in [0.2, 0.25) is 0 Å². The molecular formula is C23H37N7O. The molecule has 2 N–H and O–H groups in total. The van der Waals surface area contributed by atoms with Crippen molar-refractivity contribution < 1.29 is 4.74 Å². The van der Waals surface area contributed by atoms with Gasteiger partial charge in [0.2, 0.25) is 0 Å². The van der Waals surface area contributed by atoms with E-state index in [4.69, 9.17) is 4.74 Å². The van der Waals surface area contributed by atoms with Crippen LogP contribution < -0.4 is 10.6 Å². The Morgan fingerprint density at radius 3 is 2.68 bits per heavy atom. The molecule has 0 saturated carbocycles. The highest BCUT2D eigenvalue weighted by atomic mass is 16.5. The molecule has 8 nitrogen and oxygen atoms in total.